The molecular formula is C18H13BrF4N2O2. The molecule has 1 N–H and O–H groups in total. The van der Waals surface area contributed by atoms with Crippen LogP contribution in [0.4, 0.5) is 17.6 Å². The Morgan fingerprint density at radius 2 is 1.70 bits per heavy atom. The Labute approximate surface area is 158 Å². The molecule has 0 aliphatic carbocycles. The van der Waals surface area contributed by atoms with Crippen LogP contribution in [0.2, 0.25) is 0 Å². The molecule has 0 fully saturated rings. The molecule has 0 spiro atoms. The van der Waals surface area contributed by atoms with Crippen molar-refractivity contribution in [1.82, 2.24) is 9.55 Å². The minimum absolute atomic E-state index is 0.105. The van der Waals surface area contributed by atoms with Crippen LogP contribution in [0, 0.1) is 5.82 Å². The van der Waals surface area contributed by atoms with Gasteiger partial charge in [-0.2, -0.15) is 13.2 Å². The smallest absolute Gasteiger partial charge is 0.307 e. The highest BCUT2D eigenvalue weighted by Gasteiger charge is 2.42. The summed E-state index contributed by atoms with van der Waals surface area (Å²) in [4.78, 5) is 27.8. The van der Waals surface area contributed by atoms with Crippen molar-refractivity contribution in [2.24, 2.45) is 0 Å². The first-order valence-corrected chi connectivity index (χ1v) is 8.55. The van der Waals surface area contributed by atoms with Crippen LogP contribution in [-0.4, -0.2) is 9.55 Å². The zero-order valence-corrected chi connectivity index (χ0v) is 15.7. The molecule has 0 aliphatic heterocycles. The number of rotatable bonds is 2. The molecule has 9 heteroatoms. The first-order valence-electron chi connectivity index (χ1n) is 7.76. The van der Waals surface area contributed by atoms with Gasteiger partial charge in [0.1, 0.15) is 5.82 Å². The van der Waals surface area contributed by atoms with E-state index >= 15 is 0 Å². The molecule has 0 radical (unpaired) electrons. The van der Waals surface area contributed by atoms with E-state index in [1.54, 1.807) is 12.1 Å². The minimum Gasteiger partial charge on any atom is -0.307 e. The second-order valence-electron chi connectivity index (χ2n) is 6.48. The average Bonchev–Trinajstić information content (AvgIpc) is 2.52. The van der Waals surface area contributed by atoms with Crippen LogP contribution in [0.5, 0.6) is 0 Å². The van der Waals surface area contributed by atoms with E-state index in [-0.39, 0.29) is 15.4 Å². The number of H-pyrrole nitrogens is 1. The molecule has 0 bridgehead atoms. The van der Waals surface area contributed by atoms with Crippen molar-refractivity contribution >= 4 is 26.8 Å². The van der Waals surface area contributed by atoms with Crippen molar-refractivity contribution < 1.29 is 17.6 Å². The van der Waals surface area contributed by atoms with Crippen molar-refractivity contribution in [3.05, 3.63) is 78.7 Å². The van der Waals surface area contributed by atoms with Crippen molar-refractivity contribution in [2.75, 3.05) is 0 Å². The molecule has 0 aliphatic rings. The molecule has 0 unspecified atom stereocenters. The Morgan fingerprint density at radius 3 is 2.33 bits per heavy atom. The molecule has 0 saturated heterocycles. The highest BCUT2D eigenvalue weighted by Crippen LogP contribution is 2.40. The Bertz CT molecular complexity index is 1160. The summed E-state index contributed by atoms with van der Waals surface area (Å²) in [5.74, 6) is -1.18. The Balaban J connectivity index is 2.43. The minimum atomic E-state index is -4.88. The number of nitrogens with zero attached hydrogens (tertiary/aromatic N) is 1. The fourth-order valence-corrected chi connectivity index (χ4v) is 3.63. The summed E-state index contributed by atoms with van der Waals surface area (Å²) < 4.78 is 55.8. The van der Waals surface area contributed by atoms with Gasteiger partial charge in [-0.3, -0.25) is 4.79 Å². The summed E-state index contributed by atoms with van der Waals surface area (Å²) in [5, 5.41) is 0.108. The zero-order valence-electron chi connectivity index (χ0n) is 14.1. The lowest BCUT2D eigenvalue weighted by Crippen LogP contribution is -2.48. The normalized spacial score (nSPS) is 12.6. The van der Waals surface area contributed by atoms with Crippen molar-refractivity contribution in [3.63, 3.8) is 0 Å². The van der Waals surface area contributed by atoms with E-state index in [1.165, 1.54) is 26.0 Å². The van der Waals surface area contributed by atoms with E-state index in [9.17, 15) is 27.2 Å². The van der Waals surface area contributed by atoms with Crippen LogP contribution in [-0.2, 0) is 11.7 Å². The fraction of sp³-hybridized carbons (Fsp3) is 0.222. The summed E-state index contributed by atoms with van der Waals surface area (Å²) in [5.41, 5.74) is -5.47. The third-order valence-electron chi connectivity index (χ3n) is 4.34. The summed E-state index contributed by atoms with van der Waals surface area (Å²) in [6.45, 7) is 2.39. The van der Waals surface area contributed by atoms with E-state index < -0.39 is 39.9 Å². The molecular weight excluding hydrogens is 432 g/mol. The van der Waals surface area contributed by atoms with E-state index in [1.807, 2.05) is 0 Å². The van der Waals surface area contributed by atoms with Crippen LogP contribution in [0.3, 0.4) is 0 Å². The highest BCUT2D eigenvalue weighted by atomic mass is 79.9. The summed E-state index contributed by atoms with van der Waals surface area (Å²) in [6.07, 6.45) is -4.88. The van der Waals surface area contributed by atoms with Gasteiger partial charge < -0.3 is 4.98 Å². The van der Waals surface area contributed by atoms with E-state index in [0.29, 0.717) is 4.57 Å². The number of fused-ring (bicyclic) bond motifs is 1. The summed E-state index contributed by atoms with van der Waals surface area (Å²) >= 11 is 2.85. The quantitative estimate of drug-likeness (QED) is 0.595. The lowest BCUT2D eigenvalue weighted by atomic mass is 9.88. The standard InChI is InChI=1S/C18H13BrF4N2O2/c1-17(2,14-11(18(21,22)23)7-9(19)8-12(14)20)25-15(26)10-5-3-4-6-13(10)24-16(25)27/h3-8H,1-2H3,(H,24,27). The number of aromatic nitrogens is 2. The van der Waals surface area contributed by atoms with Crippen LogP contribution >= 0.6 is 15.9 Å². The van der Waals surface area contributed by atoms with E-state index in [4.69, 9.17) is 0 Å². The molecule has 0 saturated carbocycles. The van der Waals surface area contributed by atoms with Crippen LogP contribution in [0.25, 0.3) is 10.9 Å². The number of nitrogens with one attached hydrogen (secondary N) is 1. The maximum Gasteiger partial charge on any atom is 0.416 e. The van der Waals surface area contributed by atoms with Gasteiger partial charge in [0.15, 0.2) is 0 Å². The van der Waals surface area contributed by atoms with Gasteiger partial charge in [-0.1, -0.05) is 28.1 Å². The first-order chi connectivity index (χ1) is 12.4. The number of hydrogen-bond acceptors (Lipinski definition) is 2. The second kappa shape index (κ2) is 6.33. The topological polar surface area (TPSA) is 54.9 Å². The maximum absolute atomic E-state index is 14.6. The van der Waals surface area contributed by atoms with Gasteiger partial charge in [-0.15, -0.1) is 0 Å². The number of aromatic amines is 1. The lowest BCUT2D eigenvalue weighted by molar-refractivity contribution is -0.139. The Hall–Kier alpha value is -2.42. The van der Waals surface area contributed by atoms with Gasteiger partial charge >= 0.3 is 11.9 Å². The number of halogens is 5. The molecule has 2 aromatic carbocycles. The molecule has 0 amide bonds. The Morgan fingerprint density at radius 1 is 1.07 bits per heavy atom. The maximum atomic E-state index is 14.6. The SMILES string of the molecule is CC(C)(c1c(F)cc(Br)cc1C(F)(F)F)n1c(=O)[nH]c2ccccc2c1=O. The third kappa shape index (κ3) is 3.20. The van der Waals surface area contributed by atoms with Crippen molar-refractivity contribution in [1.29, 1.82) is 0 Å². The first kappa shape index (κ1) is 19.3. The lowest BCUT2D eigenvalue weighted by Gasteiger charge is -2.30. The van der Waals surface area contributed by atoms with Gasteiger partial charge in [0, 0.05) is 10.0 Å². The average molecular weight is 445 g/mol. The number of benzene rings is 2. The van der Waals surface area contributed by atoms with Gasteiger partial charge in [0.05, 0.1) is 22.0 Å². The van der Waals surface area contributed by atoms with Gasteiger partial charge in [0.25, 0.3) is 5.56 Å². The molecule has 27 heavy (non-hydrogen) atoms. The fourth-order valence-electron chi connectivity index (χ4n) is 3.20. The van der Waals surface area contributed by atoms with Gasteiger partial charge in [0.2, 0.25) is 0 Å². The van der Waals surface area contributed by atoms with E-state index in [2.05, 4.69) is 20.9 Å². The molecule has 142 valence electrons. The monoisotopic (exact) mass is 444 g/mol. The predicted octanol–water partition coefficient (Wildman–Crippen LogP) is 4.39. The van der Waals surface area contributed by atoms with Crippen LogP contribution in [0.15, 0.2) is 50.5 Å². The van der Waals surface area contributed by atoms with Gasteiger partial charge in [-0.05, 0) is 38.1 Å². The van der Waals surface area contributed by atoms with Crippen LogP contribution < -0.4 is 11.2 Å². The summed E-state index contributed by atoms with van der Waals surface area (Å²) in [7, 11) is 0. The highest BCUT2D eigenvalue weighted by molar-refractivity contribution is 9.10. The van der Waals surface area contributed by atoms with Crippen molar-refractivity contribution in [2.45, 2.75) is 25.6 Å². The molecule has 3 rings (SSSR count). The molecule has 3 aromatic rings. The van der Waals surface area contributed by atoms with E-state index in [0.717, 1.165) is 12.1 Å². The predicted molar refractivity (Wildman–Crippen MR) is 96.4 cm³/mol. The third-order valence-corrected chi connectivity index (χ3v) is 4.79. The zero-order chi connectivity index (χ0) is 20.1. The Kier molecular flexibility index (Phi) is 4.54. The molecule has 1 heterocycles. The molecule has 1 aromatic heterocycles. The second-order valence-corrected chi connectivity index (χ2v) is 7.40. The van der Waals surface area contributed by atoms with Crippen LogP contribution in [0.1, 0.15) is 25.0 Å². The largest absolute Gasteiger partial charge is 0.416 e. The molecule has 4 nitrogen and oxygen atoms in total. The number of para-hydroxylation sites is 1. The number of alkyl halides is 3. The molecule has 0 atom stereocenters. The number of hydrogen-bond donors (Lipinski definition) is 1. The van der Waals surface area contributed by atoms with Gasteiger partial charge in [-0.25, -0.2) is 13.8 Å². The summed E-state index contributed by atoms with van der Waals surface area (Å²) in [6, 6.07) is 7.68. The van der Waals surface area contributed by atoms with Crippen molar-refractivity contribution in [3.8, 4) is 0 Å².